The maximum absolute atomic E-state index is 13.2. The van der Waals surface area contributed by atoms with Gasteiger partial charge in [-0.1, -0.05) is 42.5 Å². The Kier molecular flexibility index (Phi) is 5.09. The molecule has 140 valence electrons. The van der Waals surface area contributed by atoms with Crippen LogP contribution in [0.3, 0.4) is 0 Å². The van der Waals surface area contributed by atoms with Crippen molar-refractivity contribution in [3.8, 4) is 11.5 Å². The third-order valence-electron chi connectivity index (χ3n) is 3.58. The van der Waals surface area contributed by atoms with Crippen molar-refractivity contribution in [1.29, 1.82) is 0 Å². The number of anilines is 1. The molecule has 0 aromatic heterocycles. The van der Waals surface area contributed by atoms with Crippen molar-refractivity contribution >= 4 is 15.7 Å². The first-order valence-corrected chi connectivity index (χ1v) is 9.27. The number of halogens is 3. The molecule has 3 aromatic rings. The maximum atomic E-state index is 13.2. The van der Waals surface area contributed by atoms with Crippen LogP contribution in [0.5, 0.6) is 11.5 Å². The van der Waals surface area contributed by atoms with Crippen LogP contribution in [0.2, 0.25) is 0 Å². The van der Waals surface area contributed by atoms with Crippen molar-refractivity contribution in [2.45, 2.75) is 11.1 Å². The molecular weight excluding hydrogens is 379 g/mol. The lowest BCUT2D eigenvalue weighted by Crippen LogP contribution is -2.19. The molecule has 27 heavy (non-hydrogen) atoms. The van der Waals surface area contributed by atoms with Crippen molar-refractivity contribution in [2.75, 3.05) is 4.72 Å². The standard InChI is InChI=1S/C19H14F3NO3S/c20-19(21,22)15-10-4-7-13-18(15)27(24,25)23-16-11-5-6-12-17(16)26-14-8-2-1-3-9-14/h1-13,23H. The van der Waals surface area contributed by atoms with Gasteiger partial charge in [-0.2, -0.15) is 13.2 Å². The summed E-state index contributed by atoms with van der Waals surface area (Å²) in [6.45, 7) is 0. The average Bonchev–Trinajstić information content (AvgIpc) is 2.63. The minimum absolute atomic E-state index is 0.0262. The van der Waals surface area contributed by atoms with Crippen molar-refractivity contribution < 1.29 is 26.3 Å². The van der Waals surface area contributed by atoms with Crippen LogP contribution in [0, 0.1) is 0 Å². The average molecular weight is 393 g/mol. The summed E-state index contributed by atoms with van der Waals surface area (Å²) in [6, 6.07) is 18.7. The van der Waals surface area contributed by atoms with E-state index in [1.807, 2.05) is 0 Å². The van der Waals surface area contributed by atoms with E-state index in [0.29, 0.717) is 5.75 Å². The van der Waals surface area contributed by atoms with Crippen molar-refractivity contribution in [3.63, 3.8) is 0 Å². The molecule has 0 atom stereocenters. The number of para-hydroxylation sites is 3. The normalized spacial score (nSPS) is 11.8. The van der Waals surface area contributed by atoms with E-state index in [1.165, 1.54) is 18.2 Å². The largest absolute Gasteiger partial charge is 0.455 e. The van der Waals surface area contributed by atoms with Crippen LogP contribution in [-0.2, 0) is 16.2 Å². The molecular formula is C19H14F3NO3S. The van der Waals surface area contributed by atoms with Gasteiger partial charge < -0.3 is 4.74 Å². The first-order valence-electron chi connectivity index (χ1n) is 7.78. The fourth-order valence-corrected chi connectivity index (χ4v) is 3.69. The first kappa shape index (κ1) is 18.8. The Bertz CT molecular complexity index is 1040. The second-order valence-electron chi connectivity index (χ2n) is 5.51. The predicted octanol–water partition coefficient (Wildman–Crippen LogP) is 5.30. The number of sulfonamides is 1. The second-order valence-corrected chi connectivity index (χ2v) is 7.16. The molecule has 0 aliphatic rings. The molecule has 3 aromatic carbocycles. The Labute approximate surface area is 154 Å². The lowest BCUT2D eigenvalue weighted by atomic mass is 10.2. The topological polar surface area (TPSA) is 55.4 Å². The monoisotopic (exact) mass is 393 g/mol. The van der Waals surface area contributed by atoms with Crippen molar-refractivity contribution in [3.05, 3.63) is 84.4 Å². The van der Waals surface area contributed by atoms with E-state index in [-0.39, 0.29) is 11.4 Å². The van der Waals surface area contributed by atoms with Crippen LogP contribution >= 0.6 is 0 Å². The highest BCUT2D eigenvalue weighted by Gasteiger charge is 2.37. The number of hydrogen-bond acceptors (Lipinski definition) is 3. The summed E-state index contributed by atoms with van der Waals surface area (Å²) in [7, 11) is -4.49. The SMILES string of the molecule is O=S(=O)(Nc1ccccc1Oc1ccccc1)c1ccccc1C(F)(F)F. The van der Waals surface area contributed by atoms with Gasteiger partial charge in [0.2, 0.25) is 0 Å². The summed E-state index contributed by atoms with van der Waals surface area (Å²) >= 11 is 0. The Balaban J connectivity index is 1.97. The fraction of sp³-hybridized carbons (Fsp3) is 0.0526. The molecule has 1 N–H and O–H groups in total. The summed E-state index contributed by atoms with van der Waals surface area (Å²) < 4.78 is 72.5. The van der Waals surface area contributed by atoms with Crippen LogP contribution in [0.1, 0.15) is 5.56 Å². The van der Waals surface area contributed by atoms with Gasteiger partial charge in [-0.15, -0.1) is 0 Å². The third-order valence-corrected chi connectivity index (χ3v) is 5.01. The van der Waals surface area contributed by atoms with Crippen LogP contribution in [0.4, 0.5) is 18.9 Å². The van der Waals surface area contributed by atoms with E-state index in [1.54, 1.807) is 42.5 Å². The summed E-state index contributed by atoms with van der Waals surface area (Å²) in [5.41, 5.74) is -1.21. The number of rotatable bonds is 5. The predicted molar refractivity (Wildman–Crippen MR) is 95.2 cm³/mol. The van der Waals surface area contributed by atoms with Gasteiger partial charge in [0.25, 0.3) is 10.0 Å². The molecule has 0 saturated heterocycles. The van der Waals surface area contributed by atoms with Crippen molar-refractivity contribution in [1.82, 2.24) is 0 Å². The molecule has 3 rings (SSSR count). The van der Waals surface area contributed by atoms with Crippen LogP contribution in [-0.4, -0.2) is 8.42 Å². The molecule has 0 bridgehead atoms. The Morgan fingerprint density at radius 3 is 2.07 bits per heavy atom. The second kappa shape index (κ2) is 7.32. The molecule has 0 saturated carbocycles. The molecule has 0 fully saturated rings. The highest BCUT2D eigenvalue weighted by molar-refractivity contribution is 7.92. The minimum atomic E-state index is -4.80. The summed E-state index contributed by atoms with van der Waals surface area (Å²) in [4.78, 5) is -0.855. The molecule has 8 heteroatoms. The lowest BCUT2D eigenvalue weighted by molar-refractivity contribution is -0.139. The highest BCUT2D eigenvalue weighted by Crippen LogP contribution is 2.36. The number of hydrogen-bond donors (Lipinski definition) is 1. The van der Waals surface area contributed by atoms with E-state index >= 15 is 0 Å². The van der Waals surface area contributed by atoms with Crippen molar-refractivity contribution in [2.24, 2.45) is 0 Å². The van der Waals surface area contributed by atoms with Gasteiger partial charge in [-0.25, -0.2) is 8.42 Å². The molecule has 4 nitrogen and oxygen atoms in total. The van der Waals surface area contributed by atoms with Crippen LogP contribution in [0.15, 0.2) is 83.8 Å². The number of alkyl halides is 3. The van der Waals surface area contributed by atoms with Gasteiger partial charge in [0.15, 0.2) is 5.75 Å². The minimum Gasteiger partial charge on any atom is -0.455 e. The Hall–Kier alpha value is -3.00. The van der Waals surface area contributed by atoms with Gasteiger partial charge in [0, 0.05) is 0 Å². The Morgan fingerprint density at radius 2 is 1.37 bits per heavy atom. The van der Waals surface area contributed by atoms with Gasteiger partial charge in [-0.3, -0.25) is 4.72 Å². The lowest BCUT2D eigenvalue weighted by Gasteiger charge is -2.16. The van der Waals surface area contributed by atoms with E-state index in [2.05, 4.69) is 4.72 Å². The quantitative estimate of drug-likeness (QED) is 0.640. The zero-order chi connectivity index (χ0) is 19.5. The highest BCUT2D eigenvalue weighted by atomic mass is 32.2. The van der Waals surface area contributed by atoms with E-state index in [9.17, 15) is 21.6 Å². The fourth-order valence-electron chi connectivity index (χ4n) is 2.39. The summed E-state index contributed by atoms with van der Waals surface area (Å²) in [5.74, 6) is 0.622. The molecule has 0 unspecified atom stereocenters. The van der Waals surface area contributed by atoms with Gasteiger partial charge >= 0.3 is 6.18 Å². The van der Waals surface area contributed by atoms with Crippen LogP contribution < -0.4 is 9.46 Å². The summed E-state index contributed by atoms with van der Waals surface area (Å²) in [5, 5.41) is 0. The zero-order valence-electron chi connectivity index (χ0n) is 13.8. The van der Waals surface area contributed by atoms with E-state index < -0.39 is 26.7 Å². The van der Waals surface area contributed by atoms with Gasteiger partial charge in [0.05, 0.1) is 16.1 Å². The van der Waals surface area contributed by atoms with Gasteiger partial charge in [0.1, 0.15) is 5.75 Å². The van der Waals surface area contributed by atoms with Crippen LogP contribution in [0.25, 0.3) is 0 Å². The molecule has 0 radical (unpaired) electrons. The smallest absolute Gasteiger partial charge is 0.417 e. The Morgan fingerprint density at radius 1 is 0.778 bits per heavy atom. The zero-order valence-corrected chi connectivity index (χ0v) is 14.6. The summed E-state index contributed by atoms with van der Waals surface area (Å²) in [6.07, 6.45) is -4.80. The van der Waals surface area contributed by atoms with E-state index in [0.717, 1.165) is 18.2 Å². The first-order chi connectivity index (χ1) is 12.8. The molecule has 0 aliphatic heterocycles. The van der Waals surface area contributed by atoms with E-state index in [4.69, 9.17) is 4.74 Å². The molecule has 0 spiro atoms. The number of nitrogens with one attached hydrogen (secondary N) is 1. The number of benzene rings is 3. The number of ether oxygens (including phenoxy) is 1. The molecule has 0 heterocycles. The molecule has 0 amide bonds. The maximum Gasteiger partial charge on any atom is 0.417 e. The molecule has 0 aliphatic carbocycles. The third kappa shape index (κ3) is 4.40. The van der Waals surface area contributed by atoms with Gasteiger partial charge in [-0.05, 0) is 36.4 Å².